The van der Waals surface area contributed by atoms with Gasteiger partial charge in [0.2, 0.25) is 0 Å². The average Bonchev–Trinajstić information content (AvgIpc) is 2.51. The molecular formula is C16H13ClN2O2. The van der Waals surface area contributed by atoms with Crippen LogP contribution in [0.15, 0.2) is 59.6 Å². The molecule has 0 saturated carbocycles. The molecule has 106 valence electrons. The van der Waals surface area contributed by atoms with E-state index in [1.165, 1.54) is 0 Å². The molecule has 3 rings (SSSR count). The number of amidine groups is 1. The van der Waals surface area contributed by atoms with E-state index in [9.17, 15) is 4.79 Å². The van der Waals surface area contributed by atoms with Gasteiger partial charge < -0.3 is 4.84 Å². The molecule has 0 fully saturated rings. The van der Waals surface area contributed by atoms with Gasteiger partial charge in [0, 0.05) is 17.0 Å². The summed E-state index contributed by atoms with van der Waals surface area (Å²) < 4.78 is 0. The minimum atomic E-state index is -0.542. The topological polar surface area (TPSA) is 50.7 Å². The smallest absolute Gasteiger partial charge is 0.339 e. The Morgan fingerprint density at radius 1 is 1.10 bits per heavy atom. The van der Waals surface area contributed by atoms with Gasteiger partial charge in [-0.05, 0) is 29.8 Å². The van der Waals surface area contributed by atoms with Crippen molar-refractivity contribution in [1.29, 1.82) is 0 Å². The number of carbonyl (C=O) groups excluding carboxylic acids is 1. The number of nitrogens with zero attached hydrogens (tertiary/aromatic N) is 1. The zero-order chi connectivity index (χ0) is 14.7. The Labute approximate surface area is 127 Å². The average molecular weight is 301 g/mol. The van der Waals surface area contributed by atoms with E-state index < -0.39 is 6.04 Å². The van der Waals surface area contributed by atoms with E-state index in [-0.39, 0.29) is 5.97 Å². The van der Waals surface area contributed by atoms with Crippen LogP contribution < -0.4 is 5.48 Å². The molecule has 5 heteroatoms. The van der Waals surface area contributed by atoms with E-state index in [1.807, 2.05) is 42.5 Å². The van der Waals surface area contributed by atoms with Crippen LogP contribution in [0, 0.1) is 0 Å². The summed E-state index contributed by atoms with van der Waals surface area (Å²) in [5, 5.41) is 0.646. The first-order valence-electron chi connectivity index (χ1n) is 6.57. The maximum Gasteiger partial charge on any atom is 0.356 e. The van der Waals surface area contributed by atoms with Crippen molar-refractivity contribution < 1.29 is 9.63 Å². The molecule has 21 heavy (non-hydrogen) atoms. The maximum absolute atomic E-state index is 11.8. The van der Waals surface area contributed by atoms with Crippen molar-refractivity contribution in [3.63, 3.8) is 0 Å². The first-order valence-corrected chi connectivity index (χ1v) is 6.94. The molecule has 1 atom stereocenters. The van der Waals surface area contributed by atoms with Gasteiger partial charge in [0.05, 0.1) is 0 Å². The van der Waals surface area contributed by atoms with E-state index in [2.05, 4.69) is 10.5 Å². The number of hydroxylamine groups is 1. The second-order valence-corrected chi connectivity index (χ2v) is 5.15. The molecule has 0 aliphatic carbocycles. The molecule has 0 radical (unpaired) electrons. The van der Waals surface area contributed by atoms with Crippen molar-refractivity contribution >= 4 is 23.4 Å². The lowest BCUT2D eigenvalue weighted by Crippen LogP contribution is -2.40. The summed E-state index contributed by atoms with van der Waals surface area (Å²) in [4.78, 5) is 21.3. The van der Waals surface area contributed by atoms with E-state index in [4.69, 9.17) is 16.4 Å². The number of rotatable bonds is 3. The van der Waals surface area contributed by atoms with Gasteiger partial charge in [-0.3, -0.25) is 0 Å². The van der Waals surface area contributed by atoms with Gasteiger partial charge in [-0.15, -0.1) is 0 Å². The summed E-state index contributed by atoms with van der Waals surface area (Å²) in [6.45, 7) is 0. The molecular weight excluding hydrogens is 288 g/mol. The predicted molar refractivity (Wildman–Crippen MR) is 81.2 cm³/mol. The highest BCUT2D eigenvalue weighted by molar-refractivity contribution is 6.30. The second kappa shape index (κ2) is 5.97. The molecule has 2 aromatic rings. The summed E-state index contributed by atoms with van der Waals surface area (Å²) in [5.41, 5.74) is 4.44. The third-order valence-electron chi connectivity index (χ3n) is 3.19. The Morgan fingerprint density at radius 2 is 1.81 bits per heavy atom. The molecule has 1 N–H and O–H groups in total. The van der Waals surface area contributed by atoms with Crippen molar-refractivity contribution in [3.05, 3.63) is 70.7 Å². The van der Waals surface area contributed by atoms with Crippen LogP contribution >= 0.6 is 11.6 Å². The first kappa shape index (κ1) is 13.6. The van der Waals surface area contributed by atoms with Crippen molar-refractivity contribution in [2.24, 2.45) is 4.99 Å². The Balaban J connectivity index is 1.84. The summed E-state index contributed by atoms with van der Waals surface area (Å²) >= 11 is 5.86. The number of carbonyl (C=O) groups is 1. The highest BCUT2D eigenvalue weighted by Gasteiger charge is 2.26. The fourth-order valence-electron chi connectivity index (χ4n) is 2.11. The molecule has 4 nitrogen and oxygen atoms in total. The van der Waals surface area contributed by atoms with Gasteiger partial charge in [0.25, 0.3) is 0 Å². The normalized spacial score (nSPS) is 17.7. The Morgan fingerprint density at radius 3 is 2.52 bits per heavy atom. The highest BCUT2D eigenvalue weighted by Crippen LogP contribution is 2.14. The van der Waals surface area contributed by atoms with Crippen LogP contribution in [-0.2, 0) is 16.1 Å². The van der Waals surface area contributed by atoms with E-state index in [0.717, 1.165) is 11.1 Å². The van der Waals surface area contributed by atoms with Gasteiger partial charge >= 0.3 is 5.97 Å². The van der Waals surface area contributed by atoms with Gasteiger partial charge in [-0.2, -0.15) is 0 Å². The minimum Gasteiger partial charge on any atom is -0.339 e. The number of benzene rings is 2. The van der Waals surface area contributed by atoms with Crippen LogP contribution in [0.3, 0.4) is 0 Å². The lowest BCUT2D eigenvalue weighted by atomic mass is 10.1. The molecule has 0 spiro atoms. The van der Waals surface area contributed by atoms with Crippen LogP contribution in [-0.4, -0.2) is 17.8 Å². The first-order chi connectivity index (χ1) is 10.2. The molecule has 2 aromatic carbocycles. The Hall–Kier alpha value is -2.33. The van der Waals surface area contributed by atoms with Gasteiger partial charge in [0.1, 0.15) is 0 Å². The van der Waals surface area contributed by atoms with Crippen LogP contribution in [0.2, 0.25) is 5.02 Å². The summed E-state index contributed by atoms with van der Waals surface area (Å²) in [6, 6.07) is 16.4. The third kappa shape index (κ3) is 3.23. The largest absolute Gasteiger partial charge is 0.356 e. The molecule has 0 bridgehead atoms. The zero-order valence-corrected chi connectivity index (χ0v) is 11.9. The second-order valence-electron chi connectivity index (χ2n) is 4.71. The molecule has 0 aromatic heterocycles. The zero-order valence-electron chi connectivity index (χ0n) is 11.1. The quantitative estimate of drug-likeness (QED) is 0.948. The van der Waals surface area contributed by atoms with Crippen molar-refractivity contribution in [2.45, 2.75) is 12.5 Å². The SMILES string of the molecule is O=C1ONC(c2ccc(Cl)cc2)=NC1Cc1ccccc1. The van der Waals surface area contributed by atoms with Crippen LogP contribution in [0.1, 0.15) is 11.1 Å². The standard InChI is InChI=1S/C16H13ClN2O2/c17-13-8-6-12(7-9-13)15-18-14(16(20)21-19-15)10-11-4-2-1-3-5-11/h1-9,14H,10H2,(H,18,19). The van der Waals surface area contributed by atoms with E-state index in [0.29, 0.717) is 17.3 Å². The molecule has 0 saturated heterocycles. The Bertz CT molecular complexity index is 668. The number of hydrogen-bond acceptors (Lipinski definition) is 4. The van der Waals surface area contributed by atoms with Crippen LogP contribution in [0.25, 0.3) is 0 Å². The van der Waals surface area contributed by atoms with Gasteiger partial charge in [-0.1, -0.05) is 41.9 Å². The maximum atomic E-state index is 11.8. The number of nitrogens with one attached hydrogen (secondary N) is 1. The monoisotopic (exact) mass is 300 g/mol. The van der Waals surface area contributed by atoms with Gasteiger partial charge in [0.15, 0.2) is 11.9 Å². The molecule has 0 amide bonds. The fourth-order valence-corrected chi connectivity index (χ4v) is 2.24. The number of aliphatic imine (C=N–C) groups is 1. The lowest BCUT2D eigenvalue weighted by Gasteiger charge is -2.20. The third-order valence-corrected chi connectivity index (χ3v) is 3.45. The molecule has 1 aliphatic heterocycles. The lowest BCUT2D eigenvalue weighted by molar-refractivity contribution is -0.150. The summed E-state index contributed by atoms with van der Waals surface area (Å²) in [5.74, 6) is 0.156. The Kier molecular flexibility index (Phi) is 3.88. The van der Waals surface area contributed by atoms with Crippen LogP contribution in [0.5, 0.6) is 0 Å². The minimum absolute atomic E-state index is 0.378. The summed E-state index contributed by atoms with van der Waals surface area (Å²) in [7, 11) is 0. The number of halogens is 1. The predicted octanol–water partition coefficient (Wildman–Crippen LogP) is 2.76. The molecule has 1 aliphatic rings. The van der Waals surface area contributed by atoms with Gasteiger partial charge in [-0.25, -0.2) is 15.3 Å². The fraction of sp³-hybridized carbons (Fsp3) is 0.125. The van der Waals surface area contributed by atoms with Crippen molar-refractivity contribution in [1.82, 2.24) is 5.48 Å². The molecule has 1 heterocycles. The van der Waals surface area contributed by atoms with Crippen molar-refractivity contribution in [2.75, 3.05) is 0 Å². The van der Waals surface area contributed by atoms with Crippen LogP contribution in [0.4, 0.5) is 0 Å². The number of hydrogen-bond donors (Lipinski definition) is 1. The summed E-state index contributed by atoms with van der Waals surface area (Å²) in [6.07, 6.45) is 0.512. The van der Waals surface area contributed by atoms with E-state index in [1.54, 1.807) is 12.1 Å². The highest BCUT2D eigenvalue weighted by atomic mass is 35.5. The molecule has 1 unspecified atom stereocenters. The van der Waals surface area contributed by atoms with E-state index >= 15 is 0 Å². The van der Waals surface area contributed by atoms with Crippen molar-refractivity contribution in [3.8, 4) is 0 Å².